The number of nitrogens with one attached hydrogen (secondary N) is 1. The molecule has 0 unspecified atom stereocenters. The minimum atomic E-state index is -1.09. The maximum atomic E-state index is 14.2. The zero-order valence-corrected chi connectivity index (χ0v) is 20.3. The molecule has 3 saturated heterocycles. The molecule has 3 aliphatic heterocycles. The highest BCUT2D eigenvalue weighted by atomic mass is 16.2. The van der Waals surface area contributed by atoms with E-state index in [1.807, 2.05) is 95.5 Å². The van der Waals surface area contributed by atoms with Crippen molar-refractivity contribution >= 4 is 17.7 Å². The standard InChI is InChI=1S/C29H30N4O3/c1-31-16-8-14-22(31)19-32-17-9-15-29(28(32)36)24-23(25(30-29)21-12-6-3-7-13-21)26(34)33(27(24)35)18-20-10-4-2-5-11-20/h2-8,10-14,16,23-25,30H,9,15,17-19H2,1H3/t23-,24-,25-,29-/m1/s1. The second-order valence-electron chi connectivity index (χ2n) is 10.2. The van der Waals surface area contributed by atoms with Crippen molar-refractivity contribution in [3.63, 3.8) is 0 Å². The molecule has 0 saturated carbocycles. The lowest BCUT2D eigenvalue weighted by molar-refractivity contribution is -0.150. The van der Waals surface area contributed by atoms with Gasteiger partial charge in [0.25, 0.3) is 0 Å². The van der Waals surface area contributed by atoms with Gasteiger partial charge >= 0.3 is 0 Å². The van der Waals surface area contributed by atoms with Crippen LogP contribution in [-0.2, 0) is 34.5 Å². The lowest BCUT2D eigenvalue weighted by Crippen LogP contribution is -2.63. The molecule has 7 heteroatoms. The number of carbonyl (C=O) groups is 3. The van der Waals surface area contributed by atoms with Gasteiger partial charge in [0.1, 0.15) is 5.54 Å². The molecule has 1 spiro atoms. The van der Waals surface area contributed by atoms with Crippen molar-refractivity contribution in [1.82, 2.24) is 19.7 Å². The molecule has 4 atom stereocenters. The Morgan fingerprint density at radius 3 is 2.31 bits per heavy atom. The van der Waals surface area contributed by atoms with E-state index in [9.17, 15) is 14.4 Å². The Morgan fingerprint density at radius 1 is 0.889 bits per heavy atom. The van der Waals surface area contributed by atoms with Crippen LogP contribution >= 0.6 is 0 Å². The van der Waals surface area contributed by atoms with E-state index in [2.05, 4.69) is 5.32 Å². The van der Waals surface area contributed by atoms with E-state index in [4.69, 9.17) is 0 Å². The highest BCUT2D eigenvalue weighted by Crippen LogP contribution is 2.52. The van der Waals surface area contributed by atoms with Crippen molar-refractivity contribution in [2.45, 2.75) is 37.5 Å². The summed E-state index contributed by atoms with van der Waals surface area (Å²) >= 11 is 0. The van der Waals surface area contributed by atoms with E-state index < -0.39 is 23.4 Å². The van der Waals surface area contributed by atoms with Crippen LogP contribution in [0.5, 0.6) is 0 Å². The predicted molar refractivity (Wildman–Crippen MR) is 134 cm³/mol. The van der Waals surface area contributed by atoms with Crippen LogP contribution in [0.2, 0.25) is 0 Å². The minimum absolute atomic E-state index is 0.0777. The van der Waals surface area contributed by atoms with Crippen LogP contribution < -0.4 is 5.32 Å². The number of fused-ring (bicyclic) bond motifs is 2. The zero-order valence-electron chi connectivity index (χ0n) is 20.3. The summed E-state index contributed by atoms with van der Waals surface area (Å²) in [6, 6.07) is 22.9. The van der Waals surface area contributed by atoms with Crippen LogP contribution in [0, 0.1) is 11.8 Å². The Labute approximate surface area is 210 Å². The lowest BCUT2D eigenvalue weighted by atomic mass is 9.74. The van der Waals surface area contributed by atoms with Crippen molar-refractivity contribution in [1.29, 1.82) is 0 Å². The number of aromatic nitrogens is 1. The van der Waals surface area contributed by atoms with E-state index in [-0.39, 0.29) is 24.3 Å². The Balaban J connectivity index is 1.39. The topological polar surface area (TPSA) is 74.7 Å². The number of piperidine rings is 1. The molecule has 3 aliphatic rings. The third-order valence-electron chi connectivity index (χ3n) is 8.16. The second kappa shape index (κ2) is 8.75. The van der Waals surface area contributed by atoms with Crippen molar-refractivity contribution in [2.24, 2.45) is 18.9 Å². The fourth-order valence-corrected chi connectivity index (χ4v) is 6.40. The van der Waals surface area contributed by atoms with E-state index in [0.717, 1.165) is 23.2 Å². The molecule has 0 aliphatic carbocycles. The quantitative estimate of drug-likeness (QED) is 0.568. The van der Waals surface area contributed by atoms with Gasteiger partial charge in [0.15, 0.2) is 0 Å². The smallest absolute Gasteiger partial charge is 0.244 e. The number of imide groups is 1. The van der Waals surface area contributed by atoms with E-state index in [1.165, 1.54) is 4.90 Å². The first-order valence-electron chi connectivity index (χ1n) is 12.6. The van der Waals surface area contributed by atoms with Gasteiger partial charge in [-0.25, -0.2) is 0 Å². The number of amides is 3. The largest absolute Gasteiger partial charge is 0.353 e. The van der Waals surface area contributed by atoms with Crippen LogP contribution in [0.15, 0.2) is 79.0 Å². The first-order valence-corrected chi connectivity index (χ1v) is 12.6. The average molecular weight is 483 g/mol. The molecule has 6 rings (SSSR count). The van der Waals surface area contributed by atoms with Crippen LogP contribution in [0.1, 0.15) is 35.7 Å². The summed E-state index contributed by atoms with van der Waals surface area (Å²) in [7, 11) is 1.97. The van der Waals surface area contributed by atoms with E-state index in [0.29, 0.717) is 19.5 Å². The summed E-state index contributed by atoms with van der Waals surface area (Å²) in [5.41, 5.74) is 1.78. The Bertz CT molecular complexity index is 1300. The molecule has 36 heavy (non-hydrogen) atoms. The zero-order chi connectivity index (χ0) is 24.9. The molecule has 3 fully saturated rings. The highest BCUT2D eigenvalue weighted by molar-refractivity contribution is 6.10. The molecule has 4 heterocycles. The van der Waals surface area contributed by atoms with Gasteiger partial charge < -0.3 is 9.47 Å². The Hall–Kier alpha value is -3.71. The van der Waals surface area contributed by atoms with Gasteiger partial charge in [-0.1, -0.05) is 60.7 Å². The Morgan fingerprint density at radius 2 is 1.61 bits per heavy atom. The van der Waals surface area contributed by atoms with Gasteiger partial charge in [-0.15, -0.1) is 0 Å². The van der Waals surface area contributed by atoms with Gasteiger partial charge in [-0.2, -0.15) is 0 Å². The fourth-order valence-electron chi connectivity index (χ4n) is 6.40. The predicted octanol–water partition coefficient (Wildman–Crippen LogP) is 3.03. The molecule has 3 amide bonds. The molecule has 184 valence electrons. The van der Waals surface area contributed by atoms with E-state index >= 15 is 0 Å². The van der Waals surface area contributed by atoms with Crippen molar-refractivity contribution in [2.75, 3.05) is 6.54 Å². The van der Waals surface area contributed by atoms with Gasteiger partial charge in [-0.3, -0.25) is 24.6 Å². The molecular formula is C29H30N4O3. The molecule has 1 N–H and O–H groups in total. The number of benzene rings is 2. The summed E-state index contributed by atoms with van der Waals surface area (Å²) < 4.78 is 2.01. The van der Waals surface area contributed by atoms with Crippen molar-refractivity contribution < 1.29 is 14.4 Å². The Kier molecular flexibility index (Phi) is 5.52. The number of hydrogen-bond donors (Lipinski definition) is 1. The van der Waals surface area contributed by atoms with Crippen LogP contribution in [0.25, 0.3) is 0 Å². The summed E-state index contributed by atoms with van der Waals surface area (Å²) in [5.74, 6) is -1.84. The van der Waals surface area contributed by atoms with Gasteiger partial charge in [-0.05, 0) is 36.1 Å². The SMILES string of the molecule is Cn1cccc1CN1CCC[C@]2(N[C@H](c3ccccc3)[C@@H]3C(=O)N(Cc4ccccc4)C(=O)[C@@H]32)C1=O. The number of aryl methyl sites for hydroxylation is 1. The number of nitrogens with zero attached hydrogens (tertiary/aromatic N) is 3. The van der Waals surface area contributed by atoms with Crippen molar-refractivity contribution in [3.05, 3.63) is 95.8 Å². The van der Waals surface area contributed by atoms with Gasteiger partial charge in [0.2, 0.25) is 17.7 Å². The maximum Gasteiger partial charge on any atom is 0.244 e. The average Bonchev–Trinajstić information content (AvgIpc) is 3.54. The molecule has 7 nitrogen and oxygen atoms in total. The van der Waals surface area contributed by atoms with Crippen LogP contribution in [-0.4, -0.2) is 44.2 Å². The van der Waals surface area contributed by atoms with E-state index in [1.54, 1.807) is 0 Å². The summed E-state index contributed by atoms with van der Waals surface area (Å²) in [6.45, 7) is 1.34. The third kappa shape index (κ3) is 3.49. The summed E-state index contributed by atoms with van der Waals surface area (Å²) in [4.78, 5) is 45.2. The maximum absolute atomic E-state index is 14.2. The van der Waals surface area contributed by atoms with Crippen LogP contribution in [0.4, 0.5) is 0 Å². The fraction of sp³-hybridized carbons (Fsp3) is 0.345. The first-order chi connectivity index (χ1) is 17.5. The molecule has 0 bridgehead atoms. The summed E-state index contributed by atoms with van der Waals surface area (Å²) in [5, 5.41) is 3.58. The normalized spacial score (nSPS) is 27.8. The second-order valence-corrected chi connectivity index (χ2v) is 10.2. The summed E-state index contributed by atoms with van der Waals surface area (Å²) in [6.07, 6.45) is 3.28. The molecule has 2 aromatic carbocycles. The number of likely N-dealkylation sites (tertiary alicyclic amines) is 2. The third-order valence-corrected chi connectivity index (χ3v) is 8.16. The molecule has 1 aromatic heterocycles. The highest BCUT2D eigenvalue weighted by Gasteiger charge is 2.68. The van der Waals surface area contributed by atoms with Gasteiger partial charge in [0, 0.05) is 31.5 Å². The lowest BCUT2D eigenvalue weighted by Gasteiger charge is -2.42. The van der Waals surface area contributed by atoms with Crippen LogP contribution in [0.3, 0.4) is 0 Å². The molecule has 3 aromatic rings. The molecule has 0 radical (unpaired) electrons. The van der Waals surface area contributed by atoms with Gasteiger partial charge in [0.05, 0.1) is 24.9 Å². The number of carbonyl (C=O) groups excluding carboxylic acids is 3. The minimum Gasteiger partial charge on any atom is -0.353 e. The number of hydrogen-bond acceptors (Lipinski definition) is 4. The molecular weight excluding hydrogens is 452 g/mol. The monoisotopic (exact) mass is 482 g/mol. The number of rotatable bonds is 5. The first kappa shape index (κ1) is 22.7. The van der Waals surface area contributed by atoms with Crippen molar-refractivity contribution in [3.8, 4) is 0 Å².